The highest BCUT2D eigenvalue weighted by molar-refractivity contribution is 6.30. The molecule has 2 saturated heterocycles. The zero-order valence-electron chi connectivity index (χ0n) is 17.7. The van der Waals surface area contributed by atoms with Crippen molar-refractivity contribution in [3.63, 3.8) is 0 Å². The lowest BCUT2D eigenvalue weighted by atomic mass is 9.81. The summed E-state index contributed by atoms with van der Waals surface area (Å²) in [7, 11) is 0. The van der Waals surface area contributed by atoms with Crippen LogP contribution in [0, 0.1) is 11.7 Å². The Hall–Kier alpha value is -2.76. The highest BCUT2D eigenvalue weighted by Crippen LogP contribution is 2.42. The van der Waals surface area contributed by atoms with Crippen LogP contribution in [0.3, 0.4) is 0 Å². The van der Waals surface area contributed by atoms with Gasteiger partial charge in [0.25, 0.3) is 5.91 Å². The second-order valence-corrected chi connectivity index (χ2v) is 9.17. The first kappa shape index (κ1) is 21.1. The molecule has 2 aliphatic rings. The van der Waals surface area contributed by atoms with Crippen LogP contribution in [-0.4, -0.2) is 46.4 Å². The third-order valence-electron chi connectivity index (χ3n) is 6.80. The fourth-order valence-corrected chi connectivity index (χ4v) is 5.51. The molecule has 2 fully saturated rings. The molecule has 3 atom stereocenters. The van der Waals surface area contributed by atoms with Gasteiger partial charge in [-0.05, 0) is 53.9 Å². The first-order chi connectivity index (χ1) is 15.6. The fraction of sp³-hybridized carbons (Fsp3) is 0.308. The number of pyridine rings is 1. The first-order valence-corrected chi connectivity index (χ1v) is 11.4. The average Bonchev–Trinajstić information content (AvgIpc) is 3.18. The molecule has 0 unspecified atom stereocenters. The number of amides is 1. The van der Waals surface area contributed by atoms with Crippen molar-refractivity contribution >= 4 is 17.5 Å². The molecule has 1 amide bonds. The van der Waals surface area contributed by atoms with Gasteiger partial charge in [-0.3, -0.25) is 14.7 Å². The first-order valence-electron chi connectivity index (χ1n) is 11.0. The van der Waals surface area contributed by atoms with Crippen LogP contribution < -0.4 is 0 Å². The van der Waals surface area contributed by atoms with Gasteiger partial charge in [0.05, 0.1) is 0 Å². The van der Waals surface area contributed by atoms with Crippen molar-refractivity contribution in [3.8, 4) is 0 Å². The SMILES string of the molecule is O=C(c1ccncc1)N1C[C@H](c2ccc(F)cc2)[C@H]2CN(Cc3cccc(Cl)c3)CC[C@H]21. The van der Waals surface area contributed by atoms with E-state index in [2.05, 4.69) is 16.0 Å². The molecule has 4 nitrogen and oxygen atoms in total. The Balaban J connectivity index is 1.41. The number of carbonyl (C=O) groups excluding carboxylic acids is 1. The van der Waals surface area contributed by atoms with Crippen LogP contribution in [0.25, 0.3) is 0 Å². The smallest absolute Gasteiger partial charge is 0.254 e. The van der Waals surface area contributed by atoms with Gasteiger partial charge in [-0.1, -0.05) is 35.9 Å². The van der Waals surface area contributed by atoms with Gasteiger partial charge in [-0.2, -0.15) is 0 Å². The van der Waals surface area contributed by atoms with Crippen LogP contribution in [0.15, 0.2) is 73.1 Å². The van der Waals surface area contributed by atoms with E-state index in [4.69, 9.17) is 11.6 Å². The van der Waals surface area contributed by atoms with Crippen molar-refractivity contribution in [3.05, 3.63) is 101 Å². The van der Waals surface area contributed by atoms with Gasteiger partial charge in [0.2, 0.25) is 0 Å². The van der Waals surface area contributed by atoms with E-state index in [-0.39, 0.29) is 23.7 Å². The Bertz CT molecular complexity index is 1090. The molecule has 3 aromatic rings. The summed E-state index contributed by atoms with van der Waals surface area (Å²) in [6.07, 6.45) is 4.23. The minimum Gasteiger partial charge on any atom is -0.335 e. The number of benzene rings is 2. The van der Waals surface area contributed by atoms with Crippen molar-refractivity contribution in [2.75, 3.05) is 19.6 Å². The number of fused-ring (bicyclic) bond motifs is 1. The average molecular weight is 450 g/mol. The van der Waals surface area contributed by atoms with Crippen molar-refractivity contribution in [1.82, 2.24) is 14.8 Å². The van der Waals surface area contributed by atoms with Crippen LogP contribution in [0.1, 0.15) is 33.8 Å². The monoisotopic (exact) mass is 449 g/mol. The Kier molecular flexibility index (Phi) is 5.94. The van der Waals surface area contributed by atoms with Crippen molar-refractivity contribution < 1.29 is 9.18 Å². The molecule has 6 heteroatoms. The second kappa shape index (κ2) is 9.00. The van der Waals surface area contributed by atoms with Gasteiger partial charge in [0.1, 0.15) is 5.82 Å². The van der Waals surface area contributed by atoms with Gasteiger partial charge in [0.15, 0.2) is 0 Å². The molecule has 2 aliphatic heterocycles. The van der Waals surface area contributed by atoms with Gasteiger partial charge in [-0.15, -0.1) is 0 Å². The topological polar surface area (TPSA) is 36.4 Å². The predicted octanol–water partition coefficient (Wildman–Crippen LogP) is 5.00. The molecule has 0 radical (unpaired) electrons. The molecular weight excluding hydrogens is 425 g/mol. The summed E-state index contributed by atoms with van der Waals surface area (Å²) in [4.78, 5) is 21.9. The van der Waals surface area contributed by atoms with E-state index in [1.807, 2.05) is 35.2 Å². The molecule has 0 saturated carbocycles. The zero-order valence-corrected chi connectivity index (χ0v) is 18.5. The Morgan fingerprint density at radius 1 is 1.06 bits per heavy atom. The van der Waals surface area contributed by atoms with E-state index in [9.17, 15) is 9.18 Å². The number of halogens is 2. The van der Waals surface area contributed by atoms with Gasteiger partial charge >= 0.3 is 0 Å². The van der Waals surface area contributed by atoms with Crippen molar-refractivity contribution in [1.29, 1.82) is 0 Å². The number of hydrogen-bond donors (Lipinski definition) is 0. The Labute approximate surface area is 192 Å². The third kappa shape index (κ3) is 4.27. The number of nitrogens with zero attached hydrogens (tertiary/aromatic N) is 3. The quantitative estimate of drug-likeness (QED) is 0.562. The lowest BCUT2D eigenvalue weighted by molar-refractivity contribution is 0.0614. The van der Waals surface area contributed by atoms with Crippen LogP contribution in [-0.2, 0) is 6.54 Å². The molecule has 0 spiro atoms. The van der Waals surface area contributed by atoms with Crippen LogP contribution >= 0.6 is 11.6 Å². The summed E-state index contributed by atoms with van der Waals surface area (Å²) in [5, 5.41) is 0.747. The molecule has 32 heavy (non-hydrogen) atoms. The Morgan fingerprint density at radius 2 is 1.84 bits per heavy atom. The van der Waals surface area contributed by atoms with E-state index in [0.29, 0.717) is 18.0 Å². The van der Waals surface area contributed by atoms with E-state index in [1.165, 1.54) is 17.7 Å². The minimum absolute atomic E-state index is 0.0512. The summed E-state index contributed by atoms with van der Waals surface area (Å²) in [6, 6.07) is 18.5. The second-order valence-electron chi connectivity index (χ2n) is 8.74. The van der Waals surface area contributed by atoms with Crippen molar-refractivity contribution in [2.45, 2.75) is 24.9 Å². The van der Waals surface area contributed by atoms with Crippen LogP contribution in [0.5, 0.6) is 0 Å². The third-order valence-corrected chi connectivity index (χ3v) is 7.03. The van der Waals surface area contributed by atoms with Gasteiger partial charge in [0, 0.05) is 67.0 Å². The number of aromatic nitrogens is 1. The number of hydrogen-bond acceptors (Lipinski definition) is 3. The molecule has 2 aromatic carbocycles. The zero-order chi connectivity index (χ0) is 22.1. The molecule has 0 bridgehead atoms. The highest BCUT2D eigenvalue weighted by atomic mass is 35.5. The van der Waals surface area contributed by atoms with E-state index in [1.54, 1.807) is 24.5 Å². The summed E-state index contributed by atoms with van der Waals surface area (Å²) in [6.45, 7) is 3.29. The van der Waals surface area contributed by atoms with Crippen molar-refractivity contribution in [2.24, 2.45) is 5.92 Å². The number of carbonyl (C=O) groups is 1. The molecule has 1 aromatic heterocycles. The number of likely N-dealkylation sites (tertiary alicyclic amines) is 2. The minimum atomic E-state index is -0.237. The van der Waals surface area contributed by atoms with Crippen LogP contribution in [0.4, 0.5) is 4.39 Å². The predicted molar refractivity (Wildman–Crippen MR) is 123 cm³/mol. The summed E-state index contributed by atoms with van der Waals surface area (Å²) in [5.41, 5.74) is 2.95. The largest absolute Gasteiger partial charge is 0.335 e. The molecular formula is C26H25ClFN3O. The highest BCUT2D eigenvalue weighted by Gasteiger charge is 2.47. The molecule has 5 rings (SSSR count). The van der Waals surface area contributed by atoms with Gasteiger partial charge in [-0.25, -0.2) is 4.39 Å². The maximum absolute atomic E-state index is 13.6. The molecule has 164 valence electrons. The lowest BCUT2D eigenvalue weighted by Crippen LogP contribution is -2.47. The standard InChI is InChI=1S/C26H25ClFN3O/c27-21-3-1-2-18(14-21)15-30-13-10-25-24(16-30)23(19-4-6-22(28)7-5-19)17-31(25)26(32)20-8-11-29-12-9-20/h1-9,11-12,14,23-25H,10,13,15-17H2/t23-,24-,25-/m1/s1. The number of rotatable bonds is 4. The maximum Gasteiger partial charge on any atom is 0.254 e. The number of piperidine rings is 1. The van der Waals surface area contributed by atoms with E-state index in [0.717, 1.165) is 36.6 Å². The van der Waals surface area contributed by atoms with E-state index < -0.39 is 0 Å². The molecule has 3 heterocycles. The summed E-state index contributed by atoms with van der Waals surface area (Å²) in [5.74, 6) is 0.280. The lowest BCUT2D eigenvalue weighted by Gasteiger charge is -2.39. The van der Waals surface area contributed by atoms with Crippen LogP contribution in [0.2, 0.25) is 5.02 Å². The Morgan fingerprint density at radius 3 is 2.59 bits per heavy atom. The normalized spacial score (nSPS) is 23.2. The summed E-state index contributed by atoms with van der Waals surface area (Å²) < 4.78 is 13.6. The maximum atomic E-state index is 13.6. The molecule has 0 aliphatic carbocycles. The van der Waals surface area contributed by atoms with E-state index >= 15 is 0 Å². The molecule has 0 N–H and O–H groups in total. The van der Waals surface area contributed by atoms with Gasteiger partial charge < -0.3 is 4.90 Å². The fourth-order valence-electron chi connectivity index (χ4n) is 5.30. The summed E-state index contributed by atoms with van der Waals surface area (Å²) >= 11 is 6.18.